The number of nitrogens with zero attached hydrogens (tertiary/aromatic N) is 3. The number of pyridine rings is 1. The van der Waals surface area contributed by atoms with E-state index in [9.17, 15) is 4.79 Å². The lowest BCUT2D eigenvalue weighted by molar-refractivity contribution is 0.0751. The molecule has 2 N–H and O–H groups in total. The molecule has 0 spiro atoms. The van der Waals surface area contributed by atoms with Crippen LogP contribution >= 0.6 is 22.9 Å². The Labute approximate surface area is 131 Å². The quantitative estimate of drug-likeness (QED) is 0.922. The van der Waals surface area contributed by atoms with E-state index in [1.165, 1.54) is 11.3 Å². The molecule has 3 rings (SSSR count). The molecule has 110 valence electrons. The average molecular weight is 323 g/mol. The van der Waals surface area contributed by atoms with Crippen molar-refractivity contribution in [3.05, 3.63) is 39.7 Å². The zero-order chi connectivity index (χ0) is 14.8. The topological polar surface area (TPSA) is 62.5 Å². The lowest BCUT2D eigenvalue weighted by Crippen LogP contribution is -2.48. The smallest absolute Gasteiger partial charge is 0.265 e. The molecule has 1 aliphatic heterocycles. The van der Waals surface area contributed by atoms with Crippen LogP contribution in [-0.2, 0) is 0 Å². The maximum Gasteiger partial charge on any atom is 0.265 e. The number of thiophene rings is 1. The molecule has 0 radical (unpaired) electrons. The second kappa shape index (κ2) is 5.91. The Morgan fingerprint density at radius 3 is 2.57 bits per heavy atom. The Balaban J connectivity index is 1.64. The summed E-state index contributed by atoms with van der Waals surface area (Å²) in [6.07, 6.45) is 1.65. The monoisotopic (exact) mass is 322 g/mol. The molecule has 1 amide bonds. The highest BCUT2D eigenvalue weighted by Gasteiger charge is 2.24. The highest BCUT2D eigenvalue weighted by atomic mass is 35.5. The number of amides is 1. The van der Waals surface area contributed by atoms with Crippen LogP contribution in [0.15, 0.2) is 29.8 Å². The summed E-state index contributed by atoms with van der Waals surface area (Å²) in [5.41, 5.74) is 6.29. The summed E-state index contributed by atoms with van der Waals surface area (Å²) in [6, 6.07) is 5.50. The summed E-state index contributed by atoms with van der Waals surface area (Å²) in [5.74, 6) is 0.908. The van der Waals surface area contributed by atoms with E-state index in [1.54, 1.807) is 12.3 Å². The third-order valence-electron chi connectivity index (χ3n) is 3.47. The Hall–Kier alpha value is -1.79. The summed E-state index contributed by atoms with van der Waals surface area (Å²) in [6.45, 7) is 2.84. The Kier molecular flexibility index (Phi) is 3.98. The standard InChI is InChI=1S/C14H15ClN4OS/c15-11-3-8-21-13(11)14(20)19-6-4-18(5-7-19)12-2-1-10(16)9-17-12/h1-3,8-9H,4-7,16H2. The maximum atomic E-state index is 12.4. The van der Waals surface area contributed by atoms with E-state index in [4.69, 9.17) is 17.3 Å². The number of anilines is 2. The number of hydrogen-bond acceptors (Lipinski definition) is 5. The highest BCUT2D eigenvalue weighted by Crippen LogP contribution is 2.24. The van der Waals surface area contributed by atoms with E-state index in [1.807, 2.05) is 22.4 Å². The van der Waals surface area contributed by atoms with E-state index in [0.29, 0.717) is 28.7 Å². The summed E-state index contributed by atoms with van der Waals surface area (Å²) < 4.78 is 0. The summed E-state index contributed by atoms with van der Waals surface area (Å²) in [4.78, 5) is 21.3. The zero-order valence-corrected chi connectivity index (χ0v) is 12.9. The number of halogens is 1. The van der Waals surface area contributed by atoms with Crippen LogP contribution in [0.5, 0.6) is 0 Å². The molecule has 3 heterocycles. The van der Waals surface area contributed by atoms with E-state index < -0.39 is 0 Å². The Morgan fingerprint density at radius 1 is 1.24 bits per heavy atom. The van der Waals surface area contributed by atoms with Crippen molar-refractivity contribution in [2.75, 3.05) is 36.8 Å². The zero-order valence-electron chi connectivity index (χ0n) is 11.3. The van der Waals surface area contributed by atoms with Crippen LogP contribution in [0.2, 0.25) is 5.02 Å². The second-order valence-corrected chi connectivity index (χ2v) is 6.15. The minimum atomic E-state index is 0.0138. The fraction of sp³-hybridized carbons (Fsp3) is 0.286. The third kappa shape index (κ3) is 2.96. The largest absolute Gasteiger partial charge is 0.397 e. The molecule has 7 heteroatoms. The average Bonchev–Trinajstić information content (AvgIpc) is 2.94. The van der Waals surface area contributed by atoms with Gasteiger partial charge in [0, 0.05) is 26.2 Å². The molecule has 0 atom stereocenters. The van der Waals surface area contributed by atoms with Gasteiger partial charge in [0.2, 0.25) is 0 Å². The van der Waals surface area contributed by atoms with Gasteiger partial charge in [-0.15, -0.1) is 11.3 Å². The summed E-state index contributed by atoms with van der Waals surface area (Å²) >= 11 is 7.41. The van der Waals surface area contributed by atoms with Gasteiger partial charge in [0.25, 0.3) is 5.91 Å². The number of aromatic nitrogens is 1. The van der Waals surface area contributed by atoms with Crippen molar-refractivity contribution in [1.29, 1.82) is 0 Å². The van der Waals surface area contributed by atoms with Crippen molar-refractivity contribution in [3.8, 4) is 0 Å². The van der Waals surface area contributed by atoms with Crippen LogP contribution in [0.25, 0.3) is 0 Å². The summed E-state index contributed by atoms with van der Waals surface area (Å²) in [7, 11) is 0. The fourth-order valence-electron chi connectivity index (χ4n) is 2.31. The predicted molar refractivity (Wildman–Crippen MR) is 86.1 cm³/mol. The summed E-state index contributed by atoms with van der Waals surface area (Å²) in [5, 5.41) is 2.37. The van der Waals surface area contributed by atoms with Crippen molar-refractivity contribution in [1.82, 2.24) is 9.88 Å². The van der Waals surface area contributed by atoms with Gasteiger partial charge in [0.15, 0.2) is 0 Å². The first kappa shape index (κ1) is 14.2. The molecule has 21 heavy (non-hydrogen) atoms. The van der Waals surface area contributed by atoms with Crippen molar-refractivity contribution in [2.24, 2.45) is 0 Å². The predicted octanol–water partition coefficient (Wildman–Crippen LogP) is 2.34. The third-order valence-corrected chi connectivity index (χ3v) is 4.80. The number of carbonyl (C=O) groups excluding carboxylic acids is 1. The Morgan fingerprint density at radius 2 is 2.00 bits per heavy atom. The molecule has 1 aliphatic rings. The Bertz CT molecular complexity index is 635. The molecule has 2 aromatic heterocycles. The molecule has 2 aromatic rings. The van der Waals surface area contributed by atoms with Crippen molar-refractivity contribution >= 4 is 40.4 Å². The molecule has 5 nitrogen and oxygen atoms in total. The lowest BCUT2D eigenvalue weighted by Gasteiger charge is -2.35. The molecule has 1 saturated heterocycles. The van der Waals surface area contributed by atoms with Crippen LogP contribution in [0, 0.1) is 0 Å². The van der Waals surface area contributed by atoms with Gasteiger partial charge in [-0.1, -0.05) is 11.6 Å². The lowest BCUT2D eigenvalue weighted by atomic mass is 10.2. The van der Waals surface area contributed by atoms with Gasteiger partial charge < -0.3 is 15.5 Å². The number of nitrogens with two attached hydrogens (primary N) is 1. The van der Waals surface area contributed by atoms with Gasteiger partial charge in [-0.25, -0.2) is 4.98 Å². The van der Waals surface area contributed by atoms with Gasteiger partial charge in [-0.05, 0) is 23.6 Å². The second-order valence-electron chi connectivity index (χ2n) is 4.83. The maximum absolute atomic E-state index is 12.4. The van der Waals surface area contributed by atoms with Crippen LogP contribution in [-0.4, -0.2) is 42.0 Å². The molecular weight excluding hydrogens is 308 g/mol. The number of carbonyl (C=O) groups is 1. The minimum Gasteiger partial charge on any atom is -0.397 e. The molecular formula is C14H15ClN4OS. The minimum absolute atomic E-state index is 0.0138. The van der Waals surface area contributed by atoms with Gasteiger partial charge in [0.1, 0.15) is 10.7 Å². The molecule has 0 bridgehead atoms. The first-order valence-corrected chi connectivity index (χ1v) is 7.89. The first-order valence-electron chi connectivity index (χ1n) is 6.64. The number of rotatable bonds is 2. The van der Waals surface area contributed by atoms with Crippen molar-refractivity contribution in [2.45, 2.75) is 0 Å². The van der Waals surface area contributed by atoms with Crippen LogP contribution in [0.4, 0.5) is 11.5 Å². The number of piperazine rings is 1. The number of hydrogen-bond donors (Lipinski definition) is 1. The van der Waals surface area contributed by atoms with E-state index in [2.05, 4.69) is 9.88 Å². The molecule has 0 aromatic carbocycles. The molecule has 0 saturated carbocycles. The van der Waals surface area contributed by atoms with Crippen LogP contribution in [0.3, 0.4) is 0 Å². The molecule has 0 unspecified atom stereocenters. The van der Waals surface area contributed by atoms with Gasteiger partial charge >= 0.3 is 0 Å². The van der Waals surface area contributed by atoms with Crippen molar-refractivity contribution < 1.29 is 4.79 Å². The van der Waals surface area contributed by atoms with Crippen molar-refractivity contribution in [3.63, 3.8) is 0 Å². The van der Waals surface area contributed by atoms with Gasteiger partial charge in [0.05, 0.1) is 16.9 Å². The van der Waals surface area contributed by atoms with E-state index >= 15 is 0 Å². The normalized spacial score (nSPS) is 15.3. The van der Waals surface area contributed by atoms with Gasteiger partial charge in [-0.3, -0.25) is 4.79 Å². The van der Waals surface area contributed by atoms with Gasteiger partial charge in [-0.2, -0.15) is 0 Å². The van der Waals surface area contributed by atoms with E-state index in [-0.39, 0.29) is 5.91 Å². The van der Waals surface area contributed by atoms with Crippen LogP contribution < -0.4 is 10.6 Å². The SMILES string of the molecule is Nc1ccc(N2CCN(C(=O)c3sccc3Cl)CC2)nc1. The highest BCUT2D eigenvalue weighted by molar-refractivity contribution is 7.12. The van der Waals surface area contributed by atoms with Crippen LogP contribution in [0.1, 0.15) is 9.67 Å². The molecule has 0 aliphatic carbocycles. The molecule has 1 fully saturated rings. The fourth-order valence-corrected chi connectivity index (χ4v) is 3.42. The number of nitrogen functional groups attached to an aromatic ring is 1. The first-order chi connectivity index (χ1) is 10.1. The van der Waals surface area contributed by atoms with E-state index in [0.717, 1.165) is 18.9 Å².